The van der Waals surface area contributed by atoms with Gasteiger partial charge in [-0.1, -0.05) is 30.3 Å². The fourth-order valence-corrected chi connectivity index (χ4v) is 4.63. The zero-order valence-electron chi connectivity index (χ0n) is 18.1. The standard InChI is InChI=1S/C25H31N3O3/c1-31-22-11-9-20(10-12-22)24(29)26-23(19-7-3-2-4-8-19)25(30)28-17-13-21(14-18-28)27-15-5-6-16-27/h2-4,7-12,21,23H,5-6,13-18H2,1H3,(H,26,29)/t23-/m1/s1. The van der Waals surface area contributed by atoms with Crippen molar-refractivity contribution in [1.82, 2.24) is 15.1 Å². The van der Waals surface area contributed by atoms with Gasteiger partial charge in [0.15, 0.2) is 0 Å². The molecule has 2 saturated heterocycles. The molecule has 2 amide bonds. The summed E-state index contributed by atoms with van der Waals surface area (Å²) in [6.45, 7) is 3.84. The van der Waals surface area contributed by atoms with Gasteiger partial charge in [0, 0.05) is 24.7 Å². The summed E-state index contributed by atoms with van der Waals surface area (Å²) < 4.78 is 5.17. The summed E-state index contributed by atoms with van der Waals surface area (Å²) in [4.78, 5) is 30.9. The lowest BCUT2D eigenvalue weighted by Gasteiger charge is -2.38. The van der Waals surface area contributed by atoms with Gasteiger partial charge in [0.05, 0.1) is 7.11 Å². The Hall–Kier alpha value is -2.86. The summed E-state index contributed by atoms with van der Waals surface area (Å²) in [5, 5.41) is 2.97. The van der Waals surface area contributed by atoms with Gasteiger partial charge in [0.25, 0.3) is 5.91 Å². The molecule has 0 spiro atoms. The smallest absolute Gasteiger partial charge is 0.252 e. The number of nitrogens with zero attached hydrogens (tertiary/aromatic N) is 2. The highest BCUT2D eigenvalue weighted by molar-refractivity contribution is 5.98. The van der Waals surface area contributed by atoms with Crippen molar-refractivity contribution in [3.8, 4) is 5.75 Å². The summed E-state index contributed by atoms with van der Waals surface area (Å²) in [5.74, 6) is 0.387. The predicted octanol–water partition coefficient (Wildman–Crippen LogP) is 3.25. The first kappa shape index (κ1) is 21.4. The first-order chi connectivity index (χ1) is 15.2. The highest BCUT2D eigenvalue weighted by Gasteiger charge is 2.32. The molecule has 1 atom stereocenters. The number of methoxy groups -OCH3 is 1. The molecule has 1 N–H and O–H groups in total. The van der Waals surface area contributed by atoms with Crippen LogP contribution in [0.25, 0.3) is 0 Å². The first-order valence-corrected chi connectivity index (χ1v) is 11.2. The molecule has 6 heteroatoms. The Balaban J connectivity index is 1.46. The van der Waals surface area contributed by atoms with Crippen LogP contribution in [0.5, 0.6) is 5.75 Å². The third kappa shape index (κ3) is 5.07. The van der Waals surface area contributed by atoms with Crippen LogP contribution in [0.4, 0.5) is 0 Å². The molecule has 6 nitrogen and oxygen atoms in total. The maximum atomic E-state index is 13.5. The van der Waals surface area contributed by atoms with Crippen molar-refractivity contribution in [2.45, 2.75) is 37.8 Å². The molecule has 0 aliphatic carbocycles. The zero-order chi connectivity index (χ0) is 21.6. The fourth-order valence-electron chi connectivity index (χ4n) is 4.63. The van der Waals surface area contributed by atoms with E-state index in [4.69, 9.17) is 4.74 Å². The fraction of sp³-hybridized carbons (Fsp3) is 0.440. The number of amides is 2. The largest absolute Gasteiger partial charge is 0.497 e. The third-order valence-corrected chi connectivity index (χ3v) is 6.44. The number of likely N-dealkylation sites (tertiary alicyclic amines) is 2. The lowest BCUT2D eigenvalue weighted by Crippen LogP contribution is -2.49. The highest BCUT2D eigenvalue weighted by atomic mass is 16.5. The van der Waals surface area contributed by atoms with Crippen molar-refractivity contribution in [3.05, 3.63) is 65.7 Å². The molecule has 2 aliphatic heterocycles. The van der Waals surface area contributed by atoms with Gasteiger partial charge in [0.1, 0.15) is 11.8 Å². The minimum Gasteiger partial charge on any atom is -0.497 e. The minimum atomic E-state index is -0.695. The molecule has 0 bridgehead atoms. The molecular weight excluding hydrogens is 390 g/mol. The lowest BCUT2D eigenvalue weighted by atomic mass is 10.00. The molecule has 164 valence electrons. The van der Waals surface area contributed by atoms with Gasteiger partial charge in [-0.3, -0.25) is 9.59 Å². The van der Waals surface area contributed by atoms with Crippen molar-refractivity contribution in [1.29, 1.82) is 0 Å². The molecule has 0 unspecified atom stereocenters. The molecule has 2 aliphatic rings. The van der Waals surface area contributed by atoms with Gasteiger partial charge in [-0.2, -0.15) is 0 Å². The van der Waals surface area contributed by atoms with Crippen LogP contribution in [0.3, 0.4) is 0 Å². The van der Waals surface area contributed by atoms with Crippen LogP contribution in [0, 0.1) is 0 Å². The van der Waals surface area contributed by atoms with E-state index < -0.39 is 6.04 Å². The number of rotatable bonds is 6. The number of nitrogens with one attached hydrogen (secondary N) is 1. The topological polar surface area (TPSA) is 61.9 Å². The van der Waals surface area contributed by atoms with E-state index in [1.807, 2.05) is 35.2 Å². The molecule has 0 aromatic heterocycles. The number of carbonyl (C=O) groups excluding carboxylic acids is 2. The van der Waals surface area contributed by atoms with Crippen molar-refractivity contribution in [2.24, 2.45) is 0 Å². The Labute approximate surface area is 184 Å². The van der Waals surface area contributed by atoms with Gasteiger partial charge in [-0.15, -0.1) is 0 Å². The predicted molar refractivity (Wildman–Crippen MR) is 120 cm³/mol. The number of carbonyl (C=O) groups is 2. The quantitative estimate of drug-likeness (QED) is 0.778. The molecular formula is C25H31N3O3. The lowest BCUT2D eigenvalue weighted by molar-refractivity contribution is -0.135. The number of ether oxygens (including phenoxy) is 1. The molecule has 31 heavy (non-hydrogen) atoms. The number of piperidine rings is 1. The van der Waals surface area contributed by atoms with E-state index in [0.717, 1.165) is 31.5 Å². The Morgan fingerprint density at radius 2 is 1.58 bits per heavy atom. The van der Waals surface area contributed by atoms with Crippen molar-refractivity contribution >= 4 is 11.8 Å². The Morgan fingerprint density at radius 1 is 0.935 bits per heavy atom. The maximum absolute atomic E-state index is 13.5. The van der Waals surface area contributed by atoms with Crippen LogP contribution in [-0.2, 0) is 4.79 Å². The van der Waals surface area contributed by atoms with Crippen molar-refractivity contribution < 1.29 is 14.3 Å². The van der Waals surface area contributed by atoms with Crippen LogP contribution < -0.4 is 10.1 Å². The van der Waals surface area contributed by atoms with Gasteiger partial charge < -0.3 is 19.9 Å². The second-order valence-corrected chi connectivity index (χ2v) is 8.35. The molecule has 2 heterocycles. The van der Waals surface area contributed by atoms with E-state index >= 15 is 0 Å². The molecule has 2 fully saturated rings. The van der Waals surface area contributed by atoms with Crippen LogP contribution in [0.1, 0.15) is 47.6 Å². The van der Waals surface area contributed by atoms with Gasteiger partial charge in [-0.25, -0.2) is 0 Å². The minimum absolute atomic E-state index is 0.0343. The van der Waals surface area contributed by atoms with Gasteiger partial charge in [-0.05, 0) is 68.6 Å². The van der Waals surface area contributed by atoms with Crippen LogP contribution in [-0.4, -0.2) is 60.9 Å². The second kappa shape index (κ2) is 9.96. The number of hydrogen-bond acceptors (Lipinski definition) is 4. The van der Waals surface area contributed by atoms with Gasteiger partial charge in [0.2, 0.25) is 5.91 Å². The summed E-state index contributed by atoms with van der Waals surface area (Å²) in [6, 6.07) is 16.3. The van der Waals surface area contributed by atoms with Crippen molar-refractivity contribution in [2.75, 3.05) is 33.3 Å². The average Bonchev–Trinajstić information content (AvgIpc) is 3.38. The summed E-state index contributed by atoms with van der Waals surface area (Å²) in [5.41, 5.74) is 1.30. The second-order valence-electron chi connectivity index (χ2n) is 8.35. The average molecular weight is 422 g/mol. The van der Waals surface area contributed by atoms with E-state index in [2.05, 4.69) is 10.2 Å². The maximum Gasteiger partial charge on any atom is 0.252 e. The molecule has 4 rings (SSSR count). The summed E-state index contributed by atoms with van der Waals surface area (Å²) in [7, 11) is 1.59. The molecule has 2 aromatic carbocycles. The van der Waals surface area contributed by atoms with E-state index in [1.165, 1.54) is 25.9 Å². The molecule has 0 saturated carbocycles. The van der Waals surface area contributed by atoms with E-state index in [-0.39, 0.29) is 11.8 Å². The Morgan fingerprint density at radius 3 is 2.19 bits per heavy atom. The van der Waals surface area contributed by atoms with Gasteiger partial charge >= 0.3 is 0 Å². The van der Waals surface area contributed by atoms with Crippen LogP contribution in [0.15, 0.2) is 54.6 Å². The number of benzene rings is 2. The Kier molecular flexibility index (Phi) is 6.87. The summed E-state index contributed by atoms with van der Waals surface area (Å²) >= 11 is 0. The highest BCUT2D eigenvalue weighted by Crippen LogP contribution is 2.24. The summed E-state index contributed by atoms with van der Waals surface area (Å²) in [6.07, 6.45) is 4.57. The van der Waals surface area contributed by atoms with Crippen LogP contribution >= 0.6 is 0 Å². The number of hydrogen-bond donors (Lipinski definition) is 1. The third-order valence-electron chi connectivity index (χ3n) is 6.44. The monoisotopic (exact) mass is 421 g/mol. The van der Waals surface area contributed by atoms with E-state index in [0.29, 0.717) is 17.4 Å². The SMILES string of the molecule is COc1ccc(C(=O)N[C@@H](C(=O)N2CCC(N3CCCC3)CC2)c2ccccc2)cc1. The van der Waals surface area contributed by atoms with E-state index in [1.54, 1.807) is 31.4 Å². The van der Waals surface area contributed by atoms with Crippen LogP contribution in [0.2, 0.25) is 0 Å². The normalized spacial score (nSPS) is 18.5. The molecule has 0 radical (unpaired) electrons. The van der Waals surface area contributed by atoms with E-state index in [9.17, 15) is 9.59 Å². The van der Waals surface area contributed by atoms with Crippen molar-refractivity contribution in [3.63, 3.8) is 0 Å². The zero-order valence-corrected chi connectivity index (χ0v) is 18.1. The molecule has 2 aromatic rings. The Bertz CT molecular complexity index is 871. The first-order valence-electron chi connectivity index (χ1n) is 11.2.